The van der Waals surface area contributed by atoms with Crippen LogP contribution < -0.4 is 0 Å². The molecule has 6 heteroatoms. The maximum absolute atomic E-state index is 5.03. The van der Waals surface area contributed by atoms with Crippen molar-refractivity contribution in [1.29, 1.82) is 0 Å². The van der Waals surface area contributed by atoms with E-state index in [1.165, 1.54) is 9.21 Å². The molecule has 0 amide bonds. The Morgan fingerprint density at radius 2 is 2.38 bits per heavy atom. The summed E-state index contributed by atoms with van der Waals surface area (Å²) in [6, 6.07) is 0. The summed E-state index contributed by atoms with van der Waals surface area (Å²) in [6.45, 7) is 2.77. The Kier molecular flexibility index (Phi) is 10.9. The van der Waals surface area contributed by atoms with Crippen LogP contribution in [0.1, 0.15) is 6.92 Å². The van der Waals surface area contributed by atoms with Gasteiger partial charge in [0.25, 0.3) is 0 Å². The normalized spacial score (nSPS) is 12.8. The Balaban J connectivity index is 2.53. The van der Waals surface area contributed by atoms with Gasteiger partial charge in [0.1, 0.15) is 0 Å². The molecule has 0 aliphatic carbocycles. The molecule has 0 bridgehead atoms. The van der Waals surface area contributed by atoms with Crippen molar-refractivity contribution >= 4 is 47.4 Å². The average molecular weight is 284 g/mol. The van der Waals surface area contributed by atoms with Crippen molar-refractivity contribution in [3.8, 4) is 0 Å². The van der Waals surface area contributed by atoms with Gasteiger partial charge in [-0.25, -0.2) is 0 Å². The van der Waals surface area contributed by atoms with Gasteiger partial charge in [-0.3, -0.25) is 3.97 Å². The maximum Gasteiger partial charge on any atom is 0.0824 e. The van der Waals surface area contributed by atoms with E-state index in [0.717, 1.165) is 6.61 Å². The molecule has 0 saturated carbocycles. The van der Waals surface area contributed by atoms with E-state index < -0.39 is 0 Å². The van der Waals surface area contributed by atoms with Gasteiger partial charge in [0.05, 0.1) is 26.2 Å². The fourth-order valence-corrected chi connectivity index (χ4v) is 4.23. The molecule has 50 valence electrons. The lowest BCUT2D eigenvalue weighted by molar-refractivity contribution is 0.396. The number of rotatable bonds is 5. The molecular formula is C2H7IO2P2S. The number of hydrogen-bond acceptors (Lipinski definition) is 3. The summed E-state index contributed by atoms with van der Waals surface area (Å²) in [5.41, 5.74) is 0. The highest BCUT2D eigenvalue weighted by Gasteiger charge is 1.83. The van der Waals surface area contributed by atoms with Crippen molar-refractivity contribution in [2.45, 2.75) is 6.92 Å². The monoisotopic (exact) mass is 284 g/mol. The van der Waals surface area contributed by atoms with Crippen LogP contribution in [0.5, 0.6) is 0 Å². The summed E-state index contributed by atoms with van der Waals surface area (Å²) < 4.78 is 9.99. The molecule has 0 heterocycles. The van der Waals surface area contributed by atoms with E-state index in [2.05, 4.69) is 21.2 Å². The van der Waals surface area contributed by atoms with Crippen LogP contribution in [0, 0.1) is 0 Å². The molecule has 0 radical (unpaired) electrons. The van der Waals surface area contributed by atoms with E-state index in [9.17, 15) is 0 Å². The first-order chi connectivity index (χ1) is 3.91. The quantitative estimate of drug-likeness (QED) is 0.334. The van der Waals surface area contributed by atoms with Crippen molar-refractivity contribution < 1.29 is 8.49 Å². The fraction of sp³-hybridized carbons (Fsp3) is 1.00. The second kappa shape index (κ2) is 8.86. The second-order valence-corrected chi connectivity index (χ2v) is 4.58. The summed E-state index contributed by atoms with van der Waals surface area (Å²) in [4.78, 5) is 0. The highest BCUT2D eigenvalue weighted by molar-refractivity contribution is 14.2. The molecule has 0 spiro atoms. The third-order valence-electron chi connectivity index (χ3n) is 0.331. The predicted octanol–water partition coefficient (Wildman–Crippen LogP) is 3.14. The zero-order chi connectivity index (χ0) is 6.24. The van der Waals surface area contributed by atoms with Gasteiger partial charge >= 0.3 is 0 Å². The van der Waals surface area contributed by atoms with Gasteiger partial charge in [0.15, 0.2) is 0 Å². The van der Waals surface area contributed by atoms with Crippen molar-refractivity contribution in [3.63, 3.8) is 0 Å². The first kappa shape index (κ1) is 9.86. The molecule has 0 N–H and O–H groups in total. The first-order valence-corrected chi connectivity index (χ1v) is 8.08. The average Bonchev–Trinajstić information content (AvgIpc) is 1.81. The molecule has 0 rings (SSSR count). The maximum atomic E-state index is 5.03. The van der Waals surface area contributed by atoms with Crippen LogP contribution in [0.15, 0.2) is 0 Å². The molecule has 0 aromatic carbocycles. The zero-order valence-electron chi connectivity index (χ0n) is 4.31. The Labute approximate surface area is 69.3 Å². The van der Waals surface area contributed by atoms with E-state index >= 15 is 0 Å². The second-order valence-electron chi connectivity index (χ2n) is 0.783. The lowest BCUT2D eigenvalue weighted by Crippen LogP contribution is -1.67. The Bertz CT molecular complexity index is 43.0. The Hall–Kier alpha value is 1.86. The predicted molar refractivity (Wildman–Crippen MR) is 51.0 cm³/mol. The summed E-state index contributed by atoms with van der Waals surface area (Å²) >= 11 is 2.09. The number of halogens is 1. The first-order valence-electron chi connectivity index (χ1n) is 1.98. The van der Waals surface area contributed by atoms with Crippen LogP contribution in [0.2, 0.25) is 0 Å². The van der Waals surface area contributed by atoms with Gasteiger partial charge in [0.2, 0.25) is 0 Å². The smallest absolute Gasteiger partial charge is 0.0824 e. The SMILES string of the molecule is CCOPPOSI. The lowest BCUT2D eigenvalue weighted by atomic mass is 10.9. The molecule has 0 aromatic heterocycles. The topological polar surface area (TPSA) is 18.5 Å². The Morgan fingerprint density at radius 1 is 1.62 bits per heavy atom. The van der Waals surface area contributed by atoms with Crippen LogP contribution in [0.25, 0.3) is 0 Å². The van der Waals surface area contributed by atoms with E-state index in [4.69, 9.17) is 8.49 Å². The highest BCUT2D eigenvalue weighted by Crippen LogP contribution is 2.43. The lowest BCUT2D eigenvalue weighted by Gasteiger charge is -1.96. The minimum Gasteiger partial charge on any atom is -0.356 e. The molecule has 0 saturated heterocycles. The summed E-state index contributed by atoms with van der Waals surface area (Å²) in [6.07, 6.45) is 0. The third kappa shape index (κ3) is 7.86. The van der Waals surface area contributed by atoms with Crippen molar-refractivity contribution in [2.24, 2.45) is 0 Å². The van der Waals surface area contributed by atoms with Gasteiger partial charge in [-0.15, -0.1) is 0 Å². The molecule has 0 fully saturated rings. The van der Waals surface area contributed by atoms with Crippen LogP contribution >= 0.6 is 47.4 Å². The standard InChI is InChI=1S/C2H7IO2P2S/c1-2-4-6-7-5-8-3/h6-7H,2H2,1H3. The molecule has 0 aromatic rings. The van der Waals surface area contributed by atoms with Crippen LogP contribution in [-0.4, -0.2) is 6.61 Å². The van der Waals surface area contributed by atoms with Crippen molar-refractivity contribution in [3.05, 3.63) is 0 Å². The summed E-state index contributed by atoms with van der Waals surface area (Å²) in [5.74, 6) is 0. The molecule has 2 unspecified atom stereocenters. The van der Waals surface area contributed by atoms with Gasteiger partial charge in [-0.2, -0.15) is 0 Å². The summed E-state index contributed by atoms with van der Waals surface area (Å²) in [7, 11) is 2.38. The van der Waals surface area contributed by atoms with E-state index in [-0.39, 0.29) is 0 Å². The largest absolute Gasteiger partial charge is 0.356 e. The van der Waals surface area contributed by atoms with Gasteiger partial charge in [0, 0.05) is 27.8 Å². The molecule has 2 nitrogen and oxygen atoms in total. The van der Waals surface area contributed by atoms with Gasteiger partial charge in [-0.1, -0.05) is 0 Å². The van der Waals surface area contributed by atoms with Crippen molar-refractivity contribution in [2.75, 3.05) is 6.61 Å². The fourth-order valence-electron chi connectivity index (χ4n) is 0.134. The number of hydrogen-bond donors (Lipinski definition) is 0. The van der Waals surface area contributed by atoms with E-state index in [0.29, 0.717) is 17.0 Å². The van der Waals surface area contributed by atoms with Crippen LogP contribution in [0.3, 0.4) is 0 Å². The molecular weight excluding hydrogens is 277 g/mol. The zero-order valence-corrected chi connectivity index (χ0v) is 9.28. The molecule has 0 aliphatic heterocycles. The van der Waals surface area contributed by atoms with Crippen molar-refractivity contribution in [1.82, 2.24) is 0 Å². The van der Waals surface area contributed by atoms with Crippen LogP contribution in [-0.2, 0) is 8.49 Å². The summed E-state index contributed by atoms with van der Waals surface area (Å²) in [5, 5.41) is 0. The van der Waals surface area contributed by atoms with E-state index in [1.807, 2.05) is 6.92 Å². The van der Waals surface area contributed by atoms with E-state index in [1.54, 1.807) is 0 Å². The third-order valence-corrected chi connectivity index (χ3v) is 4.48. The minimum atomic E-state index is 0.500. The molecule has 2 atom stereocenters. The minimum absolute atomic E-state index is 0.500. The molecule has 8 heavy (non-hydrogen) atoms. The Morgan fingerprint density at radius 3 is 2.88 bits per heavy atom. The molecule has 0 aliphatic rings. The van der Waals surface area contributed by atoms with Crippen LogP contribution in [0.4, 0.5) is 0 Å². The highest BCUT2D eigenvalue weighted by atomic mass is 127. The van der Waals surface area contributed by atoms with Gasteiger partial charge < -0.3 is 4.52 Å². The van der Waals surface area contributed by atoms with Gasteiger partial charge in [-0.05, 0) is 6.92 Å².